The molecular weight excluding hydrogens is 284 g/mol. The van der Waals surface area contributed by atoms with Gasteiger partial charge < -0.3 is 25.2 Å². The van der Waals surface area contributed by atoms with Crippen LogP contribution in [-0.2, 0) is 6.42 Å². The highest BCUT2D eigenvalue weighted by Crippen LogP contribution is 2.47. The molecule has 3 rings (SSSR count). The van der Waals surface area contributed by atoms with Gasteiger partial charge in [0, 0.05) is 16.7 Å². The molecule has 0 radical (unpaired) electrons. The van der Waals surface area contributed by atoms with Crippen LogP contribution in [0.4, 0.5) is 0 Å². The minimum absolute atomic E-state index is 0.0328. The lowest BCUT2D eigenvalue weighted by atomic mass is 9.92. The lowest BCUT2D eigenvalue weighted by Crippen LogP contribution is -2.16. The van der Waals surface area contributed by atoms with Crippen molar-refractivity contribution in [2.75, 3.05) is 0 Å². The van der Waals surface area contributed by atoms with Crippen LogP contribution in [0.25, 0.3) is 0 Å². The molecule has 0 unspecified atom stereocenters. The molecular formula is C17H18O5. The van der Waals surface area contributed by atoms with Gasteiger partial charge in [-0.1, -0.05) is 6.07 Å². The molecule has 0 amide bonds. The van der Waals surface area contributed by atoms with Gasteiger partial charge >= 0.3 is 0 Å². The minimum Gasteiger partial charge on any atom is -0.507 e. The summed E-state index contributed by atoms with van der Waals surface area (Å²) in [6.45, 7) is 3.42. The quantitative estimate of drug-likeness (QED) is 0.607. The van der Waals surface area contributed by atoms with Gasteiger partial charge in [-0.2, -0.15) is 0 Å². The van der Waals surface area contributed by atoms with Gasteiger partial charge in [0.15, 0.2) is 11.5 Å². The van der Waals surface area contributed by atoms with Gasteiger partial charge in [-0.15, -0.1) is 0 Å². The molecule has 0 spiro atoms. The van der Waals surface area contributed by atoms with E-state index in [0.717, 1.165) is 5.56 Å². The first kappa shape index (κ1) is 14.4. The molecule has 0 fully saturated rings. The van der Waals surface area contributed by atoms with Crippen molar-refractivity contribution in [1.29, 1.82) is 0 Å². The van der Waals surface area contributed by atoms with Gasteiger partial charge in [0.25, 0.3) is 0 Å². The molecule has 1 aliphatic rings. The van der Waals surface area contributed by atoms with E-state index in [1.54, 1.807) is 19.9 Å². The van der Waals surface area contributed by atoms with Crippen molar-refractivity contribution in [3.8, 4) is 28.7 Å². The number of hydrogen-bond acceptors (Lipinski definition) is 5. The number of phenolic OH excluding ortho intramolecular Hbond substituents is 4. The van der Waals surface area contributed by atoms with E-state index in [1.807, 2.05) is 0 Å². The zero-order valence-electron chi connectivity index (χ0n) is 12.4. The Balaban J connectivity index is 2.02. The number of phenols is 4. The van der Waals surface area contributed by atoms with Gasteiger partial charge in [-0.05, 0) is 44.4 Å². The summed E-state index contributed by atoms with van der Waals surface area (Å²) in [5.74, 6) is 0.222. The topological polar surface area (TPSA) is 90.2 Å². The Morgan fingerprint density at radius 2 is 1.68 bits per heavy atom. The third-order valence-corrected chi connectivity index (χ3v) is 4.25. The highest BCUT2D eigenvalue weighted by atomic mass is 16.5. The van der Waals surface area contributed by atoms with Crippen molar-refractivity contribution in [2.24, 2.45) is 0 Å². The third kappa shape index (κ3) is 2.09. The normalized spacial score (nSPS) is 16.9. The summed E-state index contributed by atoms with van der Waals surface area (Å²) in [4.78, 5) is 0. The summed E-state index contributed by atoms with van der Waals surface area (Å²) in [6, 6.07) is 4.57. The zero-order chi connectivity index (χ0) is 16.0. The lowest BCUT2D eigenvalue weighted by molar-refractivity contribution is 0.171. The highest BCUT2D eigenvalue weighted by Gasteiger charge is 2.28. The van der Waals surface area contributed by atoms with Crippen LogP contribution in [-0.4, -0.2) is 20.4 Å². The second kappa shape index (κ2) is 5.02. The summed E-state index contributed by atoms with van der Waals surface area (Å²) in [5.41, 5.74) is 2.49. The molecule has 0 saturated heterocycles. The molecule has 5 heteroatoms. The Hall–Kier alpha value is -2.56. The monoisotopic (exact) mass is 302 g/mol. The number of fused-ring (bicyclic) bond motifs is 1. The van der Waals surface area contributed by atoms with E-state index in [1.165, 1.54) is 12.1 Å². The maximum atomic E-state index is 10.2. The van der Waals surface area contributed by atoms with Gasteiger partial charge in [0.1, 0.15) is 23.4 Å². The fourth-order valence-corrected chi connectivity index (χ4v) is 2.90. The number of hydrogen-bond donors (Lipinski definition) is 4. The Labute approximate surface area is 128 Å². The number of benzene rings is 2. The summed E-state index contributed by atoms with van der Waals surface area (Å²) >= 11 is 0. The van der Waals surface area contributed by atoms with Crippen LogP contribution in [0.2, 0.25) is 0 Å². The Kier molecular flexibility index (Phi) is 3.28. The Bertz CT molecular complexity index is 751. The molecule has 2 aromatic carbocycles. The first-order chi connectivity index (χ1) is 10.4. The summed E-state index contributed by atoms with van der Waals surface area (Å²) < 4.78 is 5.95. The van der Waals surface area contributed by atoms with Crippen LogP contribution in [0.15, 0.2) is 18.2 Å². The maximum absolute atomic E-state index is 10.2. The molecule has 1 atom stereocenters. The second-order valence-corrected chi connectivity index (χ2v) is 5.65. The maximum Gasteiger partial charge on any atom is 0.157 e. The van der Waals surface area contributed by atoms with E-state index in [0.29, 0.717) is 35.3 Å². The van der Waals surface area contributed by atoms with Crippen LogP contribution < -0.4 is 4.74 Å². The van der Waals surface area contributed by atoms with Crippen LogP contribution in [0.1, 0.15) is 34.8 Å². The molecule has 2 aromatic rings. The van der Waals surface area contributed by atoms with Crippen LogP contribution in [0, 0.1) is 13.8 Å². The number of ether oxygens (including phenoxy) is 1. The van der Waals surface area contributed by atoms with E-state index in [2.05, 4.69) is 0 Å². The fraction of sp³-hybridized carbons (Fsp3) is 0.294. The fourth-order valence-electron chi connectivity index (χ4n) is 2.90. The average molecular weight is 302 g/mol. The van der Waals surface area contributed by atoms with Crippen LogP contribution >= 0.6 is 0 Å². The molecule has 0 aliphatic carbocycles. The van der Waals surface area contributed by atoms with Gasteiger partial charge in [-0.3, -0.25) is 0 Å². The molecule has 116 valence electrons. The van der Waals surface area contributed by atoms with Gasteiger partial charge in [0.05, 0.1) is 0 Å². The van der Waals surface area contributed by atoms with E-state index in [9.17, 15) is 20.4 Å². The van der Waals surface area contributed by atoms with E-state index in [4.69, 9.17) is 4.74 Å². The molecule has 22 heavy (non-hydrogen) atoms. The average Bonchev–Trinajstić information content (AvgIpc) is 2.53. The van der Waals surface area contributed by atoms with Crippen molar-refractivity contribution < 1.29 is 25.2 Å². The first-order valence-corrected chi connectivity index (χ1v) is 7.12. The molecule has 0 saturated carbocycles. The third-order valence-electron chi connectivity index (χ3n) is 4.25. The largest absolute Gasteiger partial charge is 0.507 e. The van der Waals surface area contributed by atoms with Crippen molar-refractivity contribution in [1.82, 2.24) is 0 Å². The standard InChI is InChI=1S/C17H18O5/c1-8-15(20)9(2)17-11(16(8)21)4-6-14(22-17)10-3-5-12(18)13(19)7-10/h3,5,7,14,18-21H,4,6H2,1-2H3/t14-/m1/s1. The zero-order valence-corrected chi connectivity index (χ0v) is 12.4. The van der Waals surface area contributed by atoms with Crippen LogP contribution in [0.3, 0.4) is 0 Å². The molecule has 4 N–H and O–H groups in total. The first-order valence-electron chi connectivity index (χ1n) is 7.12. The molecule has 1 aliphatic heterocycles. The minimum atomic E-state index is -0.306. The van der Waals surface area contributed by atoms with Crippen molar-refractivity contribution in [3.05, 3.63) is 40.5 Å². The van der Waals surface area contributed by atoms with E-state index >= 15 is 0 Å². The summed E-state index contributed by atoms with van der Waals surface area (Å²) in [7, 11) is 0. The Morgan fingerprint density at radius 3 is 2.36 bits per heavy atom. The van der Waals surface area contributed by atoms with Gasteiger partial charge in [0.2, 0.25) is 0 Å². The molecule has 1 heterocycles. The van der Waals surface area contributed by atoms with Crippen molar-refractivity contribution >= 4 is 0 Å². The molecule has 0 bridgehead atoms. The van der Waals surface area contributed by atoms with Crippen molar-refractivity contribution in [3.63, 3.8) is 0 Å². The predicted octanol–water partition coefficient (Wildman–Crippen LogP) is 3.19. The predicted molar refractivity (Wildman–Crippen MR) is 80.7 cm³/mol. The highest BCUT2D eigenvalue weighted by molar-refractivity contribution is 5.61. The molecule has 5 nitrogen and oxygen atoms in total. The van der Waals surface area contributed by atoms with E-state index in [-0.39, 0.29) is 29.1 Å². The summed E-state index contributed by atoms with van der Waals surface area (Å²) in [6.07, 6.45) is 0.934. The van der Waals surface area contributed by atoms with Crippen LogP contribution in [0.5, 0.6) is 28.7 Å². The number of rotatable bonds is 1. The Morgan fingerprint density at radius 1 is 0.955 bits per heavy atom. The SMILES string of the molecule is Cc1c(O)c(C)c2c(c1O)CC[C@H](c1ccc(O)c(O)c1)O2. The molecule has 0 aromatic heterocycles. The smallest absolute Gasteiger partial charge is 0.157 e. The van der Waals surface area contributed by atoms with E-state index < -0.39 is 0 Å². The summed E-state index contributed by atoms with van der Waals surface area (Å²) in [5, 5.41) is 39.3. The number of aromatic hydroxyl groups is 4. The van der Waals surface area contributed by atoms with Crippen molar-refractivity contribution in [2.45, 2.75) is 32.8 Å². The van der Waals surface area contributed by atoms with Gasteiger partial charge in [-0.25, -0.2) is 0 Å². The lowest BCUT2D eigenvalue weighted by Gasteiger charge is -2.29. The second-order valence-electron chi connectivity index (χ2n) is 5.65.